The molecule has 140 valence electrons. The molecule has 2 heteroatoms. The van der Waals surface area contributed by atoms with Gasteiger partial charge in [-0.25, -0.2) is 4.99 Å². The summed E-state index contributed by atoms with van der Waals surface area (Å²) in [7, 11) is 0. The molecule has 0 saturated heterocycles. The molecule has 2 nitrogen and oxygen atoms in total. The van der Waals surface area contributed by atoms with Crippen molar-refractivity contribution in [3.05, 3.63) is 95.3 Å². The van der Waals surface area contributed by atoms with Crippen LogP contribution in [0.3, 0.4) is 0 Å². The predicted molar refractivity (Wildman–Crippen MR) is 116 cm³/mol. The molecule has 0 aliphatic carbocycles. The number of benzene rings is 2. The Morgan fingerprint density at radius 2 is 1.41 bits per heavy atom. The lowest BCUT2D eigenvalue weighted by Gasteiger charge is -2.40. The molecule has 0 N–H and O–H groups in total. The highest BCUT2D eigenvalue weighted by Crippen LogP contribution is 2.39. The fourth-order valence-corrected chi connectivity index (χ4v) is 3.89. The smallest absolute Gasteiger partial charge is 0.109 e. The monoisotopic (exact) mass is 358 g/mol. The molecule has 0 spiro atoms. The summed E-state index contributed by atoms with van der Waals surface area (Å²) in [5.41, 5.74) is 6.16. The third kappa shape index (κ3) is 3.90. The maximum atomic E-state index is 5.08. The average Bonchev–Trinajstić information content (AvgIpc) is 2.72. The molecular weight excluding hydrogens is 328 g/mol. The molecule has 27 heavy (non-hydrogen) atoms. The molecule has 3 rings (SSSR count). The van der Waals surface area contributed by atoms with Gasteiger partial charge in [-0.1, -0.05) is 94.4 Å². The summed E-state index contributed by atoms with van der Waals surface area (Å²) in [4.78, 5) is 7.45. The van der Waals surface area contributed by atoms with Gasteiger partial charge in [0.15, 0.2) is 0 Å². The zero-order chi connectivity index (χ0) is 19.2. The van der Waals surface area contributed by atoms with Crippen LogP contribution in [-0.4, -0.2) is 10.7 Å². The highest BCUT2D eigenvalue weighted by molar-refractivity contribution is 5.88. The van der Waals surface area contributed by atoms with Crippen molar-refractivity contribution in [3.63, 3.8) is 0 Å². The van der Waals surface area contributed by atoms with Crippen molar-refractivity contribution in [2.45, 2.75) is 52.5 Å². The fraction of sp³-hybridized carbons (Fsp3) is 0.320. The van der Waals surface area contributed by atoms with Crippen LogP contribution in [0.5, 0.6) is 0 Å². The Morgan fingerprint density at radius 3 is 1.85 bits per heavy atom. The lowest BCUT2D eigenvalue weighted by atomic mass is 9.92. The summed E-state index contributed by atoms with van der Waals surface area (Å²) in [6.07, 6.45) is 3.96. The van der Waals surface area contributed by atoms with Crippen LogP contribution in [0, 0.1) is 0 Å². The van der Waals surface area contributed by atoms with Gasteiger partial charge < -0.3 is 4.90 Å². The Kier molecular flexibility index (Phi) is 6.28. The fourth-order valence-electron chi connectivity index (χ4n) is 3.89. The average molecular weight is 359 g/mol. The molecule has 0 aromatic heterocycles. The van der Waals surface area contributed by atoms with Crippen molar-refractivity contribution in [3.8, 4) is 0 Å². The molecule has 0 atom stereocenters. The van der Waals surface area contributed by atoms with Gasteiger partial charge in [-0.3, -0.25) is 0 Å². The summed E-state index contributed by atoms with van der Waals surface area (Å²) in [6, 6.07) is 21.5. The highest BCUT2D eigenvalue weighted by Gasteiger charge is 2.31. The largest absolute Gasteiger partial charge is 0.318 e. The highest BCUT2D eigenvalue weighted by atomic mass is 15.2. The van der Waals surface area contributed by atoms with E-state index < -0.39 is 0 Å². The van der Waals surface area contributed by atoms with Crippen molar-refractivity contribution < 1.29 is 0 Å². The molecule has 0 radical (unpaired) electrons. The topological polar surface area (TPSA) is 15.6 Å². The SMILES string of the molecule is C=C1C(CCC)=C(CC)N=C(CC)N1C(c1ccccc1)c1ccccc1. The maximum Gasteiger partial charge on any atom is 0.109 e. The number of allylic oxidation sites excluding steroid dienone is 2. The van der Waals surface area contributed by atoms with E-state index >= 15 is 0 Å². The van der Waals surface area contributed by atoms with E-state index in [4.69, 9.17) is 4.99 Å². The first kappa shape index (κ1) is 19.2. The van der Waals surface area contributed by atoms with Crippen LogP contribution in [-0.2, 0) is 0 Å². The third-order valence-electron chi connectivity index (χ3n) is 5.17. The molecule has 1 aliphatic heterocycles. The minimum Gasteiger partial charge on any atom is -0.318 e. The van der Waals surface area contributed by atoms with E-state index in [1.807, 2.05) is 0 Å². The quantitative estimate of drug-likeness (QED) is 0.527. The summed E-state index contributed by atoms with van der Waals surface area (Å²) >= 11 is 0. The lowest BCUT2D eigenvalue weighted by molar-refractivity contribution is 0.424. The van der Waals surface area contributed by atoms with Gasteiger partial charge in [0.05, 0.1) is 6.04 Å². The molecule has 0 unspecified atom stereocenters. The van der Waals surface area contributed by atoms with Gasteiger partial charge in [0.25, 0.3) is 0 Å². The van der Waals surface area contributed by atoms with Gasteiger partial charge >= 0.3 is 0 Å². The van der Waals surface area contributed by atoms with Gasteiger partial charge in [-0.2, -0.15) is 0 Å². The summed E-state index contributed by atoms with van der Waals surface area (Å²) in [5.74, 6) is 1.11. The molecule has 1 heterocycles. The minimum absolute atomic E-state index is 0.0869. The van der Waals surface area contributed by atoms with Gasteiger partial charge in [0.2, 0.25) is 0 Å². The molecule has 0 saturated carbocycles. The minimum atomic E-state index is 0.0869. The Labute approximate surface area is 164 Å². The predicted octanol–water partition coefficient (Wildman–Crippen LogP) is 6.88. The second kappa shape index (κ2) is 8.85. The molecule has 2 aromatic rings. The van der Waals surface area contributed by atoms with E-state index in [-0.39, 0.29) is 6.04 Å². The van der Waals surface area contributed by atoms with E-state index in [1.54, 1.807) is 0 Å². The molecule has 1 aliphatic rings. The van der Waals surface area contributed by atoms with Crippen molar-refractivity contribution >= 4 is 5.84 Å². The van der Waals surface area contributed by atoms with E-state index in [9.17, 15) is 0 Å². The second-order valence-electron chi connectivity index (χ2n) is 6.95. The molecule has 0 bridgehead atoms. The summed E-state index contributed by atoms with van der Waals surface area (Å²) < 4.78 is 0. The van der Waals surface area contributed by atoms with Crippen LogP contribution in [0.1, 0.15) is 63.6 Å². The first-order chi connectivity index (χ1) is 13.2. The van der Waals surface area contributed by atoms with Gasteiger partial charge in [-0.15, -0.1) is 0 Å². The first-order valence-electron chi connectivity index (χ1n) is 10.1. The number of aliphatic imine (C=N–C) groups is 1. The van der Waals surface area contributed by atoms with E-state index in [2.05, 4.69) is 92.9 Å². The van der Waals surface area contributed by atoms with E-state index in [0.717, 1.165) is 37.2 Å². The molecular formula is C25H30N2. The Hall–Kier alpha value is -2.61. The Balaban J connectivity index is 2.15. The number of rotatable bonds is 7. The van der Waals surface area contributed by atoms with Crippen molar-refractivity contribution in [1.82, 2.24) is 4.90 Å². The van der Waals surface area contributed by atoms with E-state index in [1.165, 1.54) is 22.4 Å². The summed E-state index contributed by atoms with van der Waals surface area (Å²) in [6.45, 7) is 11.2. The van der Waals surface area contributed by atoms with Crippen LogP contribution in [0.4, 0.5) is 0 Å². The summed E-state index contributed by atoms with van der Waals surface area (Å²) in [5, 5.41) is 0. The first-order valence-corrected chi connectivity index (χ1v) is 10.1. The number of nitrogens with zero attached hydrogens (tertiary/aromatic N) is 2. The zero-order valence-corrected chi connectivity index (χ0v) is 16.8. The van der Waals surface area contributed by atoms with Crippen LogP contribution in [0.25, 0.3) is 0 Å². The zero-order valence-electron chi connectivity index (χ0n) is 16.8. The lowest BCUT2D eigenvalue weighted by Crippen LogP contribution is -2.37. The maximum absolute atomic E-state index is 5.08. The standard InChI is InChI=1S/C25H30N2/c1-5-14-22-19(4)27(24(7-3)26-23(22)6-2)25(20-15-10-8-11-16-20)21-17-12-9-13-18-21/h8-13,15-18,25H,4-7,14H2,1-3H3. The van der Waals surface area contributed by atoms with Crippen molar-refractivity contribution in [2.75, 3.05) is 0 Å². The Morgan fingerprint density at radius 1 is 0.852 bits per heavy atom. The molecule has 2 aromatic carbocycles. The van der Waals surface area contributed by atoms with Crippen molar-refractivity contribution in [1.29, 1.82) is 0 Å². The van der Waals surface area contributed by atoms with Crippen LogP contribution in [0.15, 0.2) is 89.2 Å². The van der Waals surface area contributed by atoms with Crippen LogP contribution >= 0.6 is 0 Å². The second-order valence-corrected chi connectivity index (χ2v) is 6.95. The number of hydrogen-bond donors (Lipinski definition) is 0. The molecule has 0 amide bonds. The van der Waals surface area contributed by atoms with Gasteiger partial charge in [-0.05, 0) is 29.5 Å². The van der Waals surface area contributed by atoms with E-state index in [0.29, 0.717) is 0 Å². The van der Waals surface area contributed by atoms with Gasteiger partial charge in [0.1, 0.15) is 5.84 Å². The molecule has 0 fully saturated rings. The van der Waals surface area contributed by atoms with Crippen LogP contribution < -0.4 is 0 Å². The third-order valence-corrected chi connectivity index (χ3v) is 5.17. The number of hydrogen-bond acceptors (Lipinski definition) is 2. The number of amidine groups is 1. The normalized spacial score (nSPS) is 14.7. The van der Waals surface area contributed by atoms with Crippen LogP contribution in [0.2, 0.25) is 0 Å². The van der Waals surface area contributed by atoms with Crippen molar-refractivity contribution in [2.24, 2.45) is 4.99 Å². The van der Waals surface area contributed by atoms with Gasteiger partial charge in [0, 0.05) is 17.8 Å². The Bertz CT molecular complexity index is 792.